The van der Waals surface area contributed by atoms with Gasteiger partial charge in [-0.25, -0.2) is 0 Å². The summed E-state index contributed by atoms with van der Waals surface area (Å²) in [6.45, 7) is 9.80. The van der Waals surface area contributed by atoms with E-state index in [1.54, 1.807) is 7.11 Å². The van der Waals surface area contributed by atoms with Crippen molar-refractivity contribution in [2.45, 2.75) is 59.4 Å². The Labute approximate surface area is 138 Å². The number of rotatable bonds is 9. The van der Waals surface area contributed by atoms with Gasteiger partial charge in [-0.1, -0.05) is 49.5 Å². The second-order valence-corrected chi connectivity index (χ2v) is 6.57. The van der Waals surface area contributed by atoms with Crippen LogP contribution in [0.3, 0.4) is 0 Å². The van der Waals surface area contributed by atoms with Crippen molar-refractivity contribution in [2.24, 2.45) is 5.92 Å². The van der Waals surface area contributed by atoms with Gasteiger partial charge < -0.3 is 10.1 Å². The third-order valence-electron chi connectivity index (χ3n) is 4.06. The molecule has 2 nitrogen and oxygen atoms in total. The molecule has 0 heterocycles. The van der Waals surface area contributed by atoms with Crippen LogP contribution >= 0.6 is 15.9 Å². The molecule has 1 aromatic rings. The highest BCUT2D eigenvalue weighted by Crippen LogP contribution is 2.37. The molecule has 1 rings (SSSR count). The van der Waals surface area contributed by atoms with Crippen LogP contribution in [-0.2, 0) is 0 Å². The Morgan fingerprint density at radius 1 is 1.14 bits per heavy atom. The average Bonchev–Trinajstić information content (AvgIpc) is 2.47. The van der Waals surface area contributed by atoms with E-state index in [1.165, 1.54) is 36.8 Å². The van der Waals surface area contributed by atoms with E-state index in [9.17, 15) is 0 Å². The van der Waals surface area contributed by atoms with E-state index < -0.39 is 0 Å². The zero-order valence-corrected chi connectivity index (χ0v) is 15.7. The van der Waals surface area contributed by atoms with Crippen molar-refractivity contribution in [3.8, 4) is 5.75 Å². The summed E-state index contributed by atoms with van der Waals surface area (Å²) in [5.41, 5.74) is 2.50. The molecule has 0 amide bonds. The van der Waals surface area contributed by atoms with Crippen LogP contribution < -0.4 is 10.1 Å². The van der Waals surface area contributed by atoms with E-state index in [-0.39, 0.29) is 0 Å². The maximum atomic E-state index is 5.65. The van der Waals surface area contributed by atoms with Crippen LogP contribution in [0.4, 0.5) is 0 Å². The number of nitrogens with one attached hydrogen (secondary N) is 1. The normalized spacial score (nSPS) is 12.7. The van der Waals surface area contributed by atoms with E-state index in [0.29, 0.717) is 12.0 Å². The second kappa shape index (κ2) is 9.47. The van der Waals surface area contributed by atoms with Crippen LogP contribution in [0.5, 0.6) is 5.75 Å². The van der Waals surface area contributed by atoms with Gasteiger partial charge in [0.15, 0.2) is 0 Å². The highest BCUT2D eigenvalue weighted by atomic mass is 79.9. The molecular weight excluding hydrogens is 326 g/mol. The monoisotopic (exact) mass is 355 g/mol. The number of halogens is 1. The number of hydrogen-bond donors (Lipinski definition) is 1. The van der Waals surface area contributed by atoms with Gasteiger partial charge in [0.1, 0.15) is 5.75 Å². The van der Waals surface area contributed by atoms with Crippen LogP contribution in [0.1, 0.15) is 63.6 Å². The first-order valence-electron chi connectivity index (χ1n) is 8.16. The molecule has 1 atom stereocenters. The fourth-order valence-corrected chi connectivity index (χ4v) is 3.42. The zero-order chi connectivity index (χ0) is 15.8. The molecule has 0 saturated carbocycles. The molecule has 21 heavy (non-hydrogen) atoms. The number of aryl methyl sites for hydroxylation is 1. The van der Waals surface area contributed by atoms with Crippen molar-refractivity contribution in [2.75, 3.05) is 13.7 Å². The summed E-state index contributed by atoms with van der Waals surface area (Å²) < 4.78 is 6.81. The highest BCUT2D eigenvalue weighted by molar-refractivity contribution is 9.10. The third-order valence-corrected chi connectivity index (χ3v) is 4.91. The maximum Gasteiger partial charge on any atom is 0.123 e. The molecule has 0 aliphatic heterocycles. The molecule has 1 N–H and O–H groups in total. The van der Waals surface area contributed by atoms with Crippen molar-refractivity contribution < 1.29 is 4.74 Å². The van der Waals surface area contributed by atoms with Crippen molar-refractivity contribution in [1.82, 2.24) is 5.32 Å². The Bertz CT molecular complexity index is 427. The molecule has 1 unspecified atom stereocenters. The summed E-state index contributed by atoms with van der Waals surface area (Å²) in [5, 5.41) is 3.69. The molecule has 1 aromatic carbocycles. The zero-order valence-electron chi connectivity index (χ0n) is 14.1. The first-order valence-corrected chi connectivity index (χ1v) is 8.95. The lowest BCUT2D eigenvalue weighted by atomic mass is 9.85. The van der Waals surface area contributed by atoms with E-state index in [4.69, 9.17) is 4.74 Å². The summed E-state index contributed by atoms with van der Waals surface area (Å²) in [6.07, 6.45) is 4.95. The Kier molecular flexibility index (Phi) is 8.35. The van der Waals surface area contributed by atoms with E-state index >= 15 is 0 Å². The van der Waals surface area contributed by atoms with Crippen molar-refractivity contribution >= 4 is 15.9 Å². The van der Waals surface area contributed by atoms with Gasteiger partial charge in [0, 0.05) is 16.1 Å². The minimum Gasteiger partial charge on any atom is -0.496 e. The summed E-state index contributed by atoms with van der Waals surface area (Å²) >= 11 is 3.67. The summed E-state index contributed by atoms with van der Waals surface area (Å²) in [5.74, 6) is 1.65. The molecule has 0 aliphatic rings. The summed E-state index contributed by atoms with van der Waals surface area (Å²) in [4.78, 5) is 0. The summed E-state index contributed by atoms with van der Waals surface area (Å²) in [7, 11) is 1.77. The molecule has 0 aromatic heterocycles. The van der Waals surface area contributed by atoms with Crippen molar-refractivity contribution in [3.63, 3.8) is 0 Å². The number of hydrogen-bond acceptors (Lipinski definition) is 2. The predicted molar refractivity (Wildman–Crippen MR) is 95.2 cm³/mol. The van der Waals surface area contributed by atoms with Crippen molar-refractivity contribution in [3.05, 3.63) is 27.7 Å². The lowest BCUT2D eigenvalue weighted by molar-refractivity contribution is 0.308. The number of benzene rings is 1. The van der Waals surface area contributed by atoms with Gasteiger partial charge in [-0.15, -0.1) is 0 Å². The minimum absolute atomic E-state index is 0.363. The van der Waals surface area contributed by atoms with E-state index in [0.717, 1.165) is 16.8 Å². The van der Waals surface area contributed by atoms with Gasteiger partial charge in [-0.3, -0.25) is 0 Å². The minimum atomic E-state index is 0.363. The van der Waals surface area contributed by atoms with Gasteiger partial charge >= 0.3 is 0 Å². The maximum absolute atomic E-state index is 5.65. The molecule has 0 bridgehead atoms. The molecule has 0 radical (unpaired) electrons. The lowest BCUT2D eigenvalue weighted by Crippen LogP contribution is -2.29. The molecule has 120 valence electrons. The van der Waals surface area contributed by atoms with Crippen molar-refractivity contribution in [1.29, 1.82) is 0 Å². The van der Waals surface area contributed by atoms with Crippen LogP contribution in [0, 0.1) is 12.8 Å². The Morgan fingerprint density at radius 2 is 1.76 bits per heavy atom. The Hall–Kier alpha value is -0.540. The largest absolute Gasteiger partial charge is 0.496 e. The first kappa shape index (κ1) is 18.5. The van der Waals surface area contributed by atoms with Gasteiger partial charge in [-0.2, -0.15) is 0 Å². The topological polar surface area (TPSA) is 21.3 Å². The van der Waals surface area contributed by atoms with Crippen LogP contribution in [-0.4, -0.2) is 13.7 Å². The SMILES string of the molecule is CCCC(CCC)C(NCC)c1cc(Br)c(C)cc1OC. The quantitative estimate of drug-likeness (QED) is 0.619. The first-order chi connectivity index (χ1) is 10.1. The molecule has 0 spiro atoms. The Morgan fingerprint density at radius 3 is 2.24 bits per heavy atom. The molecule has 0 aliphatic carbocycles. The standard InChI is InChI=1S/C18H30BrNO/c1-6-9-14(10-7-2)18(20-8-3)15-12-16(19)13(4)11-17(15)21-5/h11-12,14,18,20H,6-10H2,1-5H3. The van der Waals surface area contributed by atoms with Gasteiger partial charge in [0.2, 0.25) is 0 Å². The number of methoxy groups -OCH3 is 1. The summed E-state index contributed by atoms with van der Waals surface area (Å²) in [6, 6.07) is 4.74. The second-order valence-electron chi connectivity index (χ2n) is 5.72. The van der Waals surface area contributed by atoms with Gasteiger partial charge in [0.25, 0.3) is 0 Å². The smallest absolute Gasteiger partial charge is 0.123 e. The fraction of sp³-hybridized carbons (Fsp3) is 0.667. The van der Waals surface area contributed by atoms with Crippen LogP contribution in [0.2, 0.25) is 0 Å². The van der Waals surface area contributed by atoms with Gasteiger partial charge in [-0.05, 0) is 49.9 Å². The van der Waals surface area contributed by atoms with Crippen LogP contribution in [0.15, 0.2) is 16.6 Å². The lowest BCUT2D eigenvalue weighted by Gasteiger charge is -2.29. The molecule has 0 fully saturated rings. The third kappa shape index (κ3) is 5.00. The fourth-order valence-electron chi connectivity index (χ4n) is 3.06. The molecule has 3 heteroatoms. The van der Waals surface area contributed by atoms with Gasteiger partial charge in [0.05, 0.1) is 7.11 Å². The molecular formula is C18H30BrNO. The van der Waals surface area contributed by atoms with Crippen LogP contribution in [0.25, 0.3) is 0 Å². The average molecular weight is 356 g/mol. The van der Waals surface area contributed by atoms with E-state index in [2.05, 4.69) is 61.1 Å². The molecule has 0 saturated heterocycles. The number of ether oxygens (including phenoxy) is 1. The Balaban J connectivity index is 3.22. The van der Waals surface area contributed by atoms with E-state index in [1.807, 2.05) is 0 Å². The predicted octanol–water partition coefficient (Wildman–Crippen LogP) is 5.63. The highest BCUT2D eigenvalue weighted by Gasteiger charge is 2.24.